The van der Waals surface area contributed by atoms with Crippen molar-refractivity contribution >= 4 is 11.8 Å². The highest BCUT2D eigenvalue weighted by Crippen LogP contribution is 2.17. The zero-order valence-electron chi connectivity index (χ0n) is 12.5. The largest absolute Gasteiger partial charge is 0.354 e. The normalized spacial score (nSPS) is 17.1. The van der Waals surface area contributed by atoms with Crippen molar-refractivity contribution in [1.29, 1.82) is 0 Å². The van der Waals surface area contributed by atoms with Crippen LogP contribution in [0.2, 0.25) is 0 Å². The molecule has 0 aromatic heterocycles. The van der Waals surface area contributed by atoms with E-state index in [4.69, 9.17) is 0 Å². The van der Waals surface area contributed by atoms with E-state index in [1.807, 2.05) is 32.6 Å². The Morgan fingerprint density at radius 3 is 2.16 bits per heavy atom. The lowest BCUT2D eigenvalue weighted by Gasteiger charge is -2.32. The Hall–Kier alpha value is -1.10. The molecule has 0 aromatic rings. The van der Waals surface area contributed by atoms with Crippen LogP contribution in [0.5, 0.6) is 0 Å². The molecule has 1 aliphatic heterocycles. The maximum absolute atomic E-state index is 11.9. The van der Waals surface area contributed by atoms with E-state index in [0.717, 1.165) is 12.8 Å². The second kappa shape index (κ2) is 7.48. The van der Waals surface area contributed by atoms with E-state index >= 15 is 0 Å². The standard InChI is InChI=1S/C14H27N3O2/c1-10(2)15-9-13(18)17-7-5-12(6-8-17)14(19)16-11(3)4/h10-12,15H,5-9H2,1-4H3,(H,16,19). The molecule has 5 heteroatoms. The molecule has 1 fully saturated rings. The van der Waals surface area contributed by atoms with E-state index < -0.39 is 0 Å². The molecule has 110 valence electrons. The number of amides is 2. The summed E-state index contributed by atoms with van der Waals surface area (Å²) in [5, 5.41) is 6.07. The Bertz CT molecular complexity index is 308. The van der Waals surface area contributed by atoms with Crippen molar-refractivity contribution in [2.75, 3.05) is 19.6 Å². The van der Waals surface area contributed by atoms with Gasteiger partial charge in [0.1, 0.15) is 0 Å². The smallest absolute Gasteiger partial charge is 0.236 e. The van der Waals surface area contributed by atoms with Gasteiger partial charge in [0.2, 0.25) is 11.8 Å². The summed E-state index contributed by atoms with van der Waals surface area (Å²) in [6, 6.07) is 0.501. The van der Waals surface area contributed by atoms with Gasteiger partial charge in [0.15, 0.2) is 0 Å². The Morgan fingerprint density at radius 2 is 1.68 bits per heavy atom. The molecule has 19 heavy (non-hydrogen) atoms. The number of hydrogen-bond donors (Lipinski definition) is 2. The Kier molecular flexibility index (Phi) is 6.28. The van der Waals surface area contributed by atoms with Crippen LogP contribution in [-0.4, -0.2) is 48.4 Å². The first kappa shape index (κ1) is 16.0. The van der Waals surface area contributed by atoms with E-state index in [1.165, 1.54) is 0 Å². The lowest BCUT2D eigenvalue weighted by Crippen LogP contribution is -2.47. The highest BCUT2D eigenvalue weighted by molar-refractivity contribution is 5.81. The van der Waals surface area contributed by atoms with Gasteiger partial charge >= 0.3 is 0 Å². The molecule has 0 spiro atoms. The molecule has 0 radical (unpaired) electrons. The van der Waals surface area contributed by atoms with Crippen LogP contribution < -0.4 is 10.6 Å². The molecular formula is C14H27N3O2. The van der Waals surface area contributed by atoms with Crippen LogP contribution in [0, 0.1) is 5.92 Å². The van der Waals surface area contributed by atoms with Crippen molar-refractivity contribution in [3.63, 3.8) is 0 Å². The van der Waals surface area contributed by atoms with Crippen molar-refractivity contribution in [2.24, 2.45) is 5.92 Å². The zero-order valence-corrected chi connectivity index (χ0v) is 12.5. The topological polar surface area (TPSA) is 61.4 Å². The van der Waals surface area contributed by atoms with Crippen molar-refractivity contribution < 1.29 is 9.59 Å². The van der Waals surface area contributed by atoms with Gasteiger partial charge in [-0.15, -0.1) is 0 Å². The Labute approximate surface area is 116 Å². The number of carbonyl (C=O) groups is 2. The first-order chi connectivity index (χ1) is 8.90. The summed E-state index contributed by atoms with van der Waals surface area (Å²) >= 11 is 0. The molecule has 0 aliphatic carbocycles. The SMILES string of the molecule is CC(C)NCC(=O)N1CCC(C(=O)NC(C)C)CC1. The van der Waals surface area contributed by atoms with Gasteiger partial charge < -0.3 is 15.5 Å². The second-order valence-electron chi connectivity index (χ2n) is 5.85. The average molecular weight is 269 g/mol. The number of carbonyl (C=O) groups excluding carboxylic acids is 2. The lowest BCUT2D eigenvalue weighted by atomic mass is 9.95. The zero-order chi connectivity index (χ0) is 14.4. The summed E-state index contributed by atoms with van der Waals surface area (Å²) in [5.74, 6) is 0.323. The van der Waals surface area contributed by atoms with E-state index in [1.54, 1.807) is 0 Å². The number of piperidine rings is 1. The molecule has 5 nitrogen and oxygen atoms in total. The fraction of sp³-hybridized carbons (Fsp3) is 0.857. The first-order valence-electron chi connectivity index (χ1n) is 7.21. The van der Waals surface area contributed by atoms with Crippen LogP contribution in [-0.2, 0) is 9.59 Å². The number of hydrogen-bond acceptors (Lipinski definition) is 3. The van der Waals surface area contributed by atoms with Crippen LogP contribution in [0.1, 0.15) is 40.5 Å². The predicted octanol–water partition coefficient (Wildman–Crippen LogP) is 0.748. The summed E-state index contributed by atoms with van der Waals surface area (Å²) in [7, 11) is 0. The minimum absolute atomic E-state index is 0.0597. The quantitative estimate of drug-likeness (QED) is 0.774. The van der Waals surface area contributed by atoms with Crippen LogP contribution in [0.15, 0.2) is 0 Å². The first-order valence-corrected chi connectivity index (χ1v) is 7.21. The van der Waals surface area contributed by atoms with Gasteiger partial charge in [0.05, 0.1) is 6.54 Å². The van der Waals surface area contributed by atoms with Crippen molar-refractivity contribution in [3.8, 4) is 0 Å². The summed E-state index contributed by atoms with van der Waals surface area (Å²) in [6.07, 6.45) is 1.54. The molecular weight excluding hydrogens is 242 g/mol. The minimum Gasteiger partial charge on any atom is -0.354 e. The van der Waals surface area contributed by atoms with Crippen LogP contribution in [0.25, 0.3) is 0 Å². The predicted molar refractivity (Wildman–Crippen MR) is 75.7 cm³/mol. The minimum atomic E-state index is 0.0597. The molecule has 1 heterocycles. The molecule has 1 saturated heterocycles. The van der Waals surface area contributed by atoms with Gasteiger partial charge in [-0.05, 0) is 26.7 Å². The van der Waals surface area contributed by atoms with E-state index in [2.05, 4.69) is 10.6 Å². The Morgan fingerprint density at radius 1 is 1.11 bits per heavy atom. The van der Waals surface area contributed by atoms with Gasteiger partial charge in [-0.25, -0.2) is 0 Å². The summed E-state index contributed by atoms with van der Waals surface area (Å²) in [6.45, 7) is 9.75. The molecule has 0 saturated carbocycles. The van der Waals surface area contributed by atoms with Crippen LogP contribution in [0.4, 0.5) is 0 Å². The van der Waals surface area contributed by atoms with Gasteiger partial charge in [0.25, 0.3) is 0 Å². The third-order valence-electron chi connectivity index (χ3n) is 3.31. The molecule has 0 unspecified atom stereocenters. The summed E-state index contributed by atoms with van der Waals surface area (Å²) in [5.41, 5.74) is 0. The molecule has 2 N–H and O–H groups in total. The molecule has 1 rings (SSSR count). The molecule has 0 bridgehead atoms. The Balaban J connectivity index is 2.32. The highest BCUT2D eigenvalue weighted by atomic mass is 16.2. The van der Waals surface area contributed by atoms with Crippen LogP contribution in [0.3, 0.4) is 0 Å². The molecule has 1 aliphatic rings. The van der Waals surface area contributed by atoms with Crippen molar-refractivity contribution in [2.45, 2.75) is 52.6 Å². The van der Waals surface area contributed by atoms with Gasteiger partial charge in [-0.3, -0.25) is 9.59 Å². The van der Waals surface area contributed by atoms with Crippen LogP contribution >= 0.6 is 0 Å². The van der Waals surface area contributed by atoms with E-state index in [-0.39, 0.29) is 23.8 Å². The maximum atomic E-state index is 11.9. The maximum Gasteiger partial charge on any atom is 0.236 e. The van der Waals surface area contributed by atoms with Crippen molar-refractivity contribution in [1.82, 2.24) is 15.5 Å². The molecule has 0 atom stereocenters. The van der Waals surface area contributed by atoms with Gasteiger partial charge in [-0.1, -0.05) is 13.8 Å². The van der Waals surface area contributed by atoms with E-state index in [0.29, 0.717) is 25.7 Å². The molecule has 2 amide bonds. The summed E-state index contributed by atoms with van der Waals surface area (Å²) in [4.78, 5) is 25.6. The number of likely N-dealkylation sites (tertiary alicyclic amines) is 1. The second-order valence-corrected chi connectivity index (χ2v) is 5.85. The number of rotatable bonds is 5. The lowest BCUT2D eigenvalue weighted by molar-refractivity contribution is -0.135. The molecule has 0 aromatic carbocycles. The average Bonchev–Trinajstić information content (AvgIpc) is 2.35. The fourth-order valence-electron chi connectivity index (χ4n) is 2.20. The monoisotopic (exact) mass is 269 g/mol. The highest BCUT2D eigenvalue weighted by Gasteiger charge is 2.27. The number of nitrogens with zero attached hydrogens (tertiary/aromatic N) is 1. The number of nitrogens with one attached hydrogen (secondary N) is 2. The third kappa shape index (κ3) is 5.59. The van der Waals surface area contributed by atoms with Gasteiger partial charge in [-0.2, -0.15) is 0 Å². The third-order valence-corrected chi connectivity index (χ3v) is 3.31. The fourth-order valence-corrected chi connectivity index (χ4v) is 2.20. The summed E-state index contributed by atoms with van der Waals surface area (Å²) < 4.78 is 0. The van der Waals surface area contributed by atoms with Crippen molar-refractivity contribution in [3.05, 3.63) is 0 Å². The van der Waals surface area contributed by atoms with E-state index in [9.17, 15) is 9.59 Å². The van der Waals surface area contributed by atoms with Gasteiger partial charge in [0, 0.05) is 31.1 Å².